The fraction of sp³-hybridized carbons (Fsp3) is 0.348. The number of nitrogens with one attached hydrogen (secondary N) is 1. The van der Waals surface area contributed by atoms with Crippen LogP contribution in [0.3, 0.4) is 0 Å². The van der Waals surface area contributed by atoms with Crippen molar-refractivity contribution in [2.45, 2.75) is 31.9 Å². The molecular formula is C23H27N3O. The van der Waals surface area contributed by atoms with Gasteiger partial charge in [-0.3, -0.25) is 4.90 Å². The highest BCUT2D eigenvalue weighted by atomic mass is 16.5. The van der Waals surface area contributed by atoms with Crippen LogP contribution in [0.2, 0.25) is 0 Å². The van der Waals surface area contributed by atoms with Gasteiger partial charge in [-0.2, -0.15) is 0 Å². The summed E-state index contributed by atoms with van der Waals surface area (Å²) in [6.07, 6.45) is 3.00. The number of aromatic amines is 1. The summed E-state index contributed by atoms with van der Waals surface area (Å²) in [7, 11) is 0. The number of aryl methyl sites for hydroxylation is 1. The molecule has 1 aliphatic heterocycles. The summed E-state index contributed by atoms with van der Waals surface area (Å²) >= 11 is 0. The Balaban J connectivity index is 1.48. The zero-order valence-electron chi connectivity index (χ0n) is 15.8. The molecule has 0 radical (unpaired) electrons. The molecule has 0 aliphatic carbocycles. The van der Waals surface area contributed by atoms with Crippen LogP contribution in [0.5, 0.6) is 0 Å². The standard InChI is InChI=1S/C23H27N3O/c1-18-23(25-17-24-18)16-26-12-13-27-21(15-26)14-22(19-8-4-2-5-9-19)20-10-6-3-7-11-20/h2-11,17,21-22H,12-16H2,1H3,(H,24,25)/t21-/m0/s1. The Morgan fingerprint density at radius 3 is 2.33 bits per heavy atom. The van der Waals surface area contributed by atoms with E-state index in [0.717, 1.165) is 44.0 Å². The van der Waals surface area contributed by atoms with E-state index in [4.69, 9.17) is 4.74 Å². The predicted octanol–water partition coefficient (Wildman–Crippen LogP) is 4.14. The van der Waals surface area contributed by atoms with Crippen LogP contribution in [0.1, 0.15) is 34.9 Å². The Morgan fingerprint density at radius 1 is 1.07 bits per heavy atom. The van der Waals surface area contributed by atoms with Crippen LogP contribution >= 0.6 is 0 Å². The van der Waals surface area contributed by atoms with E-state index < -0.39 is 0 Å². The van der Waals surface area contributed by atoms with Crippen LogP contribution in [0.4, 0.5) is 0 Å². The molecule has 1 N–H and O–H groups in total. The summed E-state index contributed by atoms with van der Waals surface area (Å²) < 4.78 is 6.16. The Morgan fingerprint density at radius 2 is 1.74 bits per heavy atom. The first-order valence-corrected chi connectivity index (χ1v) is 9.72. The predicted molar refractivity (Wildman–Crippen MR) is 108 cm³/mol. The molecule has 2 aromatic carbocycles. The summed E-state index contributed by atoms with van der Waals surface area (Å²) in [4.78, 5) is 10.1. The molecule has 3 aromatic rings. The maximum Gasteiger partial charge on any atom is 0.0925 e. The van der Waals surface area contributed by atoms with Gasteiger partial charge in [-0.1, -0.05) is 60.7 Å². The average molecular weight is 361 g/mol. The van der Waals surface area contributed by atoms with E-state index in [9.17, 15) is 0 Å². The van der Waals surface area contributed by atoms with Crippen LogP contribution in [-0.2, 0) is 11.3 Å². The Bertz CT molecular complexity index is 792. The third-order valence-corrected chi connectivity index (χ3v) is 5.43. The van der Waals surface area contributed by atoms with Crippen molar-refractivity contribution in [2.75, 3.05) is 19.7 Å². The molecule has 140 valence electrons. The van der Waals surface area contributed by atoms with Crippen molar-refractivity contribution in [3.05, 3.63) is 89.5 Å². The van der Waals surface area contributed by atoms with E-state index in [-0.39, 0.29) is 6.10 Å². The third-order valence-electron chi connectivity index (χ3n) is 5.43. The first-order valence-electron chi connectivity index (χ1n) is 9.72. The normalized spacial score (nSPS) is 18.1. The highest BCUT2D eigenvalue weighted by Crippen LogP contribution is 2.31. The summed E-state index contributed by atoms with van der Waals surface area (Å²) in [5.74, 6) is 0.351. The molecule has 0 amide bonds. The van der Waals surface area contributed by atoms with Gasteiger partial charge < -0.3 is 9.72 Å². The number of nitrogens with zero attached hydrogens (tertiary/aromatic N) is 2. The van der Waals surface area contributed by atoms with Gasteiger partial charge in [-0.25, -0.2) is 4.98 Å². The fourth-order valence-corrected chi connectivity index (χ4v) is 3.92. The Kier molecular flexibility index (Phi) is 5.66. The number of aromatic nitrogens is 2. The van der Waals surface area contributed by atoms with Gasteiger partial charge in [0.05, 0.1) is 24.7 Å². The number of hydrogen-bond donors (Lipinski definition) is 1. The lowest BCUT2D eigenvalue weighted by molar-refractivity contribution is -0.0368. The number of imidazole rings is 1. The highest BCUT2D eigenvalue weighted by molar-refractivity contribution is 5.32. The molecule has 27 heavy (non-hydrogen) atoms. The van der Waals surface area contributed by atoms with E-state index in [1.165, 1.54) is 11.1 Å². The maximum atomic E-state index is 6.16. The molecule has 0 spiro atoms. The molecule has 0 unspecified atom stereocenters. The number of rotatable bonds is 6. The van der Waals surface area contributed by atoms with Crippen molar-refractivity contribution in [1.82, 2.24) is 14.9 Å². The minimum absolute atomic E-state index is 0.225. The molecule has 1 aliphatic rings. The fourth-order valence-electron chi connectivity index (χ4n) is 3.92. The van der Waals surface area contributed by atoms with Gasteiger partial charge in [-0.05, 0) is 24.5 Å². The van der Waals surface area contributed by atoms with Gasteiger partial charge in [0.15, 0.2) is 0 Å². The van der Waals surface area contributed by atoms with Gasteiger partial charge in [0.1, 0.15) is 0 Å². The quantitative estimate of drug-likeness (QED) is 0.717. The SMILES string of the molecule is Cc1[nH]cnc1CN1CCO[C@@H](CC(c2ccccc2)c2ccccc2)C1. The minimum Gasteiger partial charge on any atom is -0.376 e. The lowest BCUT2D eigenvalue weighted by Crippen LogP contribution is -2.42. The Hall–Kier alpha value is -2.43. The number of H-pyrrole nitrogens is 1. The first-order chi connectivity index (χ1) is 13.3. The topological polar surface area (TPSA) is 41.2 Å². The summed E-state index contributed by atoms with van der Waals surface area (Å²) in [6.45, 7) is 5.66. The van der Waals surface area contributed by atoms with Crippen molar-refractivity contribution >= 4 is 0 Å². The van der Waals surface area contributed by atoms with Crippen LogP contribution in [0.25, 0.3) is 0 Å². The van der Waals surface area contributed by atoms with E-state index in [1.807, 2.05) is 0 Å². The number of hydrogen-bond acceptors (Lipinski definition) is 3. The number of morpholine rings is 1. The van der Waals surface area contributed by atoms with Crippen molar-refractivity contribution < 1.29 is 4.74 Å². The van der Waals surface area contributed by atoms with Gasteiger partial charge in [0, 0.05) is 31.2 Å². The lowest BCUT2D eigenvalue weighted by Gasteiger charge is -2.34. The monoisotopic (exact) mass is 361 g/mol. The smallest absolute Gasteiger partial charge is 0.0925 e. The largest absolute Gasteiger partial charge is 0.376 e. The van der Waals surface area contributed by atoms with Crippen LogP contribution < -0.4 is 0 Å². The molecular weight excluding hydrogens is 334 g/mol. The first kappa shape index (κ1) is 18.0. The van der Waals surface area contributed by atoms with E-state index in [2.05, 4.69) is 82.5 Å². The zero-order valence-corrected chi connectivity index (χ0v) is 15.8. The molecule has 1 saturated heterocycles. The van der Waals surface area contributed by atoms with Gasteiger partial charge in [0.2, 0.25) is 0 Å². The molecule has 0 bridgehead atoms. The van der Waals surface area contributed by atoms with Gasteiger partial charge in [-0.15, -0.1) is 0 Å². The Labute approximate surface area is 161 Å². The minimum atomic E-state index is 0.225. The maximum absolute atomic E-state index is 6.16. The molecule has 0 saturated carbocycles. The second-order valence-electron chi connectivity index (χ2n) is 7.31. The van der Waals surface area contributed by atoms with Gasteiger partial charge >= 0.3 is 0 Å². The molecule has 4 rings (SSSR count). The van der Waals surface area contributed by atoms with E-state index >= 15 is 0 Å². The van der Waals surface area contributed by atoms with E-state index in [1.54, 1.807) is 6.33 Å². The molecule has 2 heterocycles. The molecule has 4 nitrogen and oxygen atoms in total. The zero-order chi connectivity index (χ0) is 18.5. The summed E-state index contributed by atoms with van der Waals surface area (Å²) in [5.41, 5.74) is 5.00. The summed E-state index contributed by atoms with van der Waals surface area (Å²) in [5, 5.41) is 0. The number of benzene rings is 2. The lowest BCUT2D eigenvalue weighted by atomic mass is 9.86. The number of ether oxygens (including phenoxy) is 1. The average Bonchev–Trinajstić information content (AvgIpc) is 3.12. The van der Waals surface area contributed by atoms with Crippen LogP contribution in [0, 0.1) is 6.92 Å². The van der Waals surface area contributed by atoms with Gasteiger partial charge in [0.25, 0.3) is 0 Å². The van der Waals surface area contributed by atoms with Crippen molar-refractivity contribution in [2.24, 2.45) is 0 Å². The highest BCUT2D eigenvalue weighted by Gasteiger charge is 2.26. The van der Waals surface area contributed by atoms with Crippen LogP contribution in [0.15, 0.2) is 67.0 Å². The molecule has 1 aromatic heterocycles. The second-order valence-corrected chi connectivity index (χ2v) is 7.31. The molecule has 4 heteroatoms. The van der Waals surface area contributed by atoms with E-state index in [0.29, 0.717) is 5.92 Å². The van der Waals surface area contributed by atoms with Crippen molar-refractivity contribution in [1.29, 1.82) is 0 Å². The second kappa shape index (κ2) is 8.51. The van der Waals surface area contributed by atoms with Crippen molar-refractivity contribution in [3.8, 4) is 0 Å². The van der Waals surface area contributed by atoms with Crippen LogP contribution in [-0.4, -0.2) is 40.7 Å². The third kappa shape index (κ3) is 4.46. The molecule has 1 atom stereocenters. The summed E-state index contributed by atoms with van der Waals surface area (Å²) in [6, 6.07) is 21.6. The van der Waals surface area contributed by atoms with Crippen molar-refractivity contribution in [3.63, 3.8) is 0 Å². The molecule has 1 fully saturated rings.